The van der Waals surface area contributed by atoms with E-state index in [0.29, 0.717) is 19.1 Å². The van der Waals surface area contributed by atoms with Crippen LogP contribution in [0.15, 0.2) is 36.4 Å². The molecule has 0 radical (unpaired) electrons. The Kier molecular flexibility index (Phi) is 5.83. The number of rotatable bonds is 6. The highest BCUT2D eigenvalue weighted by atomic mass is 16.5. The Morgan fingerprint density at radius 3 is 2.50 bits per heavy atom. The Balaban J connectivity index is 2.32. The van der Waals surface area contributed by atoms with E-state index in [1.165, 1.54) is 5.56 Å². The molecule has 2 N–H and O–H groups in total. The van der Waals surface area contributed by atoms with Crippen LogP contribution in [-0.2, 0) is 4.74 Å². The van der Waals surface area contributed by atoms with Crippen LogP contribution in [0.2, 0.25) is 0 Å². The second kappa shape index (κ2) is 7.20. The van der Waals surface area contributed by atoms with Crippen molar-refractivity contribution in [2.24, 2.45) is 11.7 Å². The summed E-state index contributed by atoms with van der Waals surface area (Å²) in [5.74, 6) is 0.468. The lowest BCUT2D eigenvalue weighted by Crippen LogP contribution is -2.28. The van der Waals surface area contributed by atoms with Crippen molar-refractivity contribution in [1.82, 2.24) is 0 Å². The van der Waals surface area contributed by atoms with Crippen molar-refractivity contribution in [3.63, 3.8) is 0 Å². The van der Waals surface area contributed by atoms with Gasteiger partial charge in [-0.05, 0) is 11.5 Å². The Morgan fingerprint density at radius 2 is 1.94 bits per heavy atom. The predicted octanol–water partition coefficient (Wildman–Crippen LogP) is 2.70. The average molecular weight is 219 g/mol. The van der Waals surface area contributed by atoms with Crippen LogP contribution in [0, 0.1) is 5.92 Å². The minimum Gasteiger partial charge on any atom is -0.373 e. The van der Waals surface area contributed by atoms with E-state index >= 15 is 0 Å². The number of nitrogens with two attached hydrogens (primary N) is 1. The van der Waals surface area contributed by atoms with Gasteiger partial charge in [-0.2, -0.15) is 0 Å². The van der Waals surface area contributed by atoms with Gasteiger partial charge in [-0.3, -0.25) is 0 Å². The van der Waals surface area contributed by atoms with Crippen LogP contribution in [0.3, 0.4) is 0 Å². The molecule has 1 unspecified atom stereocenters. The van der Waals surface area contributed by atoms with Crippen LogP contribution in [0.25, 0.3) is 6.08 Å². The summed E-state index contributed by atoms with van der Waals surface area (Å²) in [6.07, 6.45) is 4.24. The zero-order chi connectivity index (χ0) is 11.8. The summed E-state index contributed by atoms with van der Waals surface area (Å²) in [6, 6.07) is 10.2. The molecular formula is C14H21NO. The molecule has 0 aliphatic heterocycles. The summed E-state index contributed by atoms with van der Waals surface area (Å²) in [7, 11) is 0. The minimum atomic E-state index is 0.153. The van der Waals surface area contributed by atoms with E-state index in [4.69, 9.17) is 10.5 Å². The van der Waals surface area contributed by atoms with Gasteiger partial charge < -0.3 is 10.5 Å². The van der Waals surface area contributed by atoms with Crippen molar-refractivity contribution in [2.45, 2.75) is 20.0 Å². The standard InChI is InChI=1S/C14H21NO/c1-12(2)14(11-15)16-10-6-9-13-7-4-3-5-8-13/h3-9,12,14H,10-11,15H2,1-2H3. The van der Waals surface area contributed by atoms with Crippen LogP contribution in [0.4, 0.5) is 0 Å². The highest BCUT2D eigenvalue weighted by molar-refractivity contribution is 5.48. The normalized spacial score (nSPS) is 13.5. The van der Waals surface area contributed by atoms with Gasteiger partial charge in [0.2, 0.25) is 0 Å². The first kappa shape index (κ1) is 12.9. The van der Waals surface area contributed by atoms with Crippen LogP contribution >= 0.6 is 0 Å². The summed E-state index contributed by atoms with van der Waals surface area (Å²) in [5, 5.41) is 0. The molecule has 0 aromatic heterocycles. The monoisotopic (exact) mass is 219 g/mol. The van der Waals surface area contributed by atoms with Crippen LogP contribution < -0.4 is 5.73 Å². The van der Waals surface area contributed by atoms with Gasteiger partial charge in [-0.1, -0.05) is 56.3 Å². The Bertz CT molecular complexity index is 306. The van der Waals surface area contributed by atoms with Crippen molar-refractivity contribution < 1.29 is 4.74 Å². The van der Waals surface area contributed by atoms with Crippen LogP contribution in [0.5, 0.6) is 0 Å². The van der Waals surface area contributed by atoms with E-state index in [1.807, 2.05) is 24.3 Å². The van der Waals surface area contributed by atoms with Gasteiger partial charge in [-0.25, -0.2) is 0 Å². The fraction of sp³-hybridized carbons (Fsp3) is 0.429. The van der Waals surface area contributed by atoms with Crippen molar-refractivity contribution in [3.8, 4) is 0 Å². The average Bonchev–Trinajstić information content (AvgIpc) is 2.30. The molecule has 1 atom stereocenters. The fourth-order valence-electron chi connectivity index (χ4n) is 1.46. The van der Waals surface area contributed by atoms with E-state index in [0.717, 1.165) is 0 Å². The molecule has 0 saturated heterocycles. The summed E-state index contributed by atoms with van der Waals surface area (Å²) in [6.45, 7) is 5.45. The third-order valence-corrected chi connectivity index (χ3v) is 2.49. The largest absolute Gasteiger partial charge is 0.373 e. The molecular weight excluding hydrogens is 198 g/mol. The van der Waals surface area contributed by atoms with Gasteiger partial charge in [0.1, 0.15) is 0 Å². The molecule has 0 saturated carbocycles. The maximum absolute atomic E-state index is 5.66. The van der Waals surface area contributed by atoms with Crippen molar-refractivity contribution in [2.75, 3.05) is 13.2 Å². The molecule has 1 rings (SSSR count). The smallest absolute Gasteiger partial charge is 0.0724 e. The van der Waals surface area contributed by atoms with Crippen LogP contribution in [-0.4, -0.2) is 19.3 Å². The lowest BCUT2D eigenvalue weighted by atomic mass is 10.1. The Morgan fingerprint density at radius 1 is 1.25 bits per heavy atom. The molecule has 88 valence electrons. The molecule has 0 amide bonds. The lowest BCUT2D eigenvalue weighted by Gasteiger charge is -2.18. The first-order valence-electron chi connectivity index (χ1n) is 5.77. The second-order valence-electron chi connectivity index (χ2n) is 4.16. The first-order valence-corrected chi connectivity index (χ1v) is 5.77. The summed E-state index contributed by atoms with van der Waals surface area (Å²) in [4.78, 5) is 0. The highest BCUT2D eigenvalue weighted by Crippen LogP contribution is 2.05. The van der Waals surface area contributed by atoms with E-state index < -0.39 is 0 Å². The first-order chi connectivity index (χ1) is 7.74. The molecule has 0 bridgehead atoms. The molecule has 0 fully saturated rings. The van der Waals surface area contributed by atoms with Gasteiger partial charge in [-0.15, -0.1) is 0 Å². The van der Waals surface area contributed by atoms with E-state index in [1.54, 1.807) is 0 Å². The molecule has 0 heterocycles. The second-order valence-corrected chi connectivity index (χ2v) is 4.16. The Hall–Kier alpha value is -1.12. The third-order valence-electron chi connectivity index (χ3n) is 2.49. The van der Waals surface area contributed by atoms with E-state index in [-0.39, 0.29) is 6.10 Å². The molecule has 0 spiro atoms. The summed E-state index contributed by atoms with van der Waals surface area (Å²) < 4.78 is 5.66. The van der Waals surface area contributed by atoms with E-state index in [2.05, 4.69) is 32.1 Å². The number of benzene rings is 1. The number of hydrogen-bond donors (Lipinski definition) is 1. The molecule has 0 aliphatic rings. The van der Waals surface area contributed by atoms with E-state index in [9.17, 15) is 0 Å². The number of ether oxygens (including phenoxy) is 1. The molecule has 16 heavy (non-hydrogen) atoms. The zero-order valence-electron chi connectivity index (χ0n) is 10.1. The Labute approximate surface area is 98.1 Å². The topological polar surface area (TPSA) is 35.2 Å². The summed E-state index contributed by atoms with van der Waals surface area (Å²) >= 11 is 0. The van der Waals surface area contributed by atoms with Crippen molar-refractivity contribution in [1.29, 1.82) is 0 Å². The van der Waals surface area contributed by atoms with Gasteiger partial charge in [0, 0.05) is 6.54 Å². The number of hydrogen-bond acceptors (Lipinski definition) is 2. The third kappa shape index (κ3) is 4.60. The minimum absolute atomic E-state index is 0.153. The maximum atomic E-state index is 5.66. The maximum Gasteiger partial charge on any atom is 0.0724 e. The summed E-state index contributed by atoms with van der Waals surface area (Å²) in [5.41, 5.74) is 6.81. The SMILES string of the molecule is CC(C)C(CN)OCC=Cc1ccccc1. The lowest BCUT2D eigenvalue weighted by molar-refractivity contribution is 0.0473. The predicted molar refractivity (Wildman–Crippen MR) is 69.1 cm³/mol. The van der Waals surface area contributed by atoms with Gasteiger partial charge in [0.25, 0.3) is 0 Å². The van der Waals surface area contributed by atoms with Gasteiger partial charge in [0.15, 0.2) is 0 Å². The molecule has 1 aromatic carbocycles. The van der Waals surface area contributed by atoms with Gasteiger partial charge in [0.05, 0.1) is 12.7 Å². The molecule has 2 nitrogen and oxygen atoms in total. The quantitative estimate of drug-likeness (QED) is 0.798. The molecule has 0 aliphatic carbocycles. The zero-order valence-corrected chi connectivity index (χ0v) is 10.1. The van der Waals surface area contributed by atoms with Crippen LogP contribution in [0.1, 0.15) is 19.4 Å². The van der Waals surface area contributed by atoms with Crippen molar-refractivity contribution >= 4 is 6.08 Å². The molecule has 2 heteroatoms. The fourth-order valence-corrected chi connectivity index (χ4v) is 1.46. The van der Waals surface area contributed by atoms with Gasteiger partial charge >= 0.3 is 0 Å². The highest BCUT2D eigenvalue weighted by Gasteiger charge is 2.09. The van der Waals surface area contributed by atoms with Crippen molar-refractivity contribution in [3.05, 3.63) is 42.0 Å². The molecule has 1 aromatic rings.